The number of hydrogen-bond acceptors (Lipinski definition) is 5. The van der Waals surface area contributed by atoms with Gasteiger partial charge in [-0.3, -0.25) is 4.99 Å². The molecule has 30 heavy (non-hydrogen) atoms. The summed E-state index contributed by atoms with van der Waals surface area (Å²) in [5.74, 6) is 0.493. The highest BCUT2D eigenvalue weighted by Gasteiger charge is 2.30. The van der Waals surface area contributed by atoms with E-state index in [2.05, 4.69) is 33.8 Å². The van der Waals surface area contributed by atoms with Gasteiger partial charge in [-0.25, -0.2) is 0 Å². The van der Waals surface area contributed by atoms with Crippen molar-refractivity contribution in [1.82, 2.24) is 5.32 Å². The maximum absolute atomic E-state index is 6.55. The fraction of sp³-hybridized carbons (Fsp3) is 0.292. The van der Waals surface area contributed by atoms with Crippen LogP contribution in [0.3, 0.4) is 0 Å². The Hall–Kier alpha value is -2.92. The molecule has 4 rings (SSSR count). The average Bonchev–Trinajstić information content (AvgIpc) is 3.61. The predicted octanol–water partition coefficient (Wildman–Crippen LogP) is 4.52. The van der Waals surface area contributed by atoms with Crippen molar-refractivity contribution in [1.29, 1.82) is 0 Å². The summed E-state index contributed by atoms with van der Waals surface area (Å²) in [6.07, 6.45) is 6.64. The Morgan fingerprint density at radius 1 is 1.17 bits per heavy atom. The molecule has 2 aromatic rings. The van der Waals surface area contributed by atoms with Gasteiger partial charge in [0.15, 0.2) is 0 Å². The van der Waals surface area contributed by atoms with E-state index in [1.165, 1.54) is 18.4 Å². The minimum absolute atomic E-state index is 0.121. The van der Waals surface area contributed by atoms with E-state index in [-0.39, 0.29) is 6.04 Å². The molecule has 1 atom stereocenters. The first-order valence-corrected chi connectivity index (χ1v) is 10.7. The molecule has 2 aliphatic rings. The van der Waals surface area contributed by atoms with Crippen LogP contribution in [0.25, 0.3) is 11.3 Å². The number of anilines is 1. The van der Waals surface area contributed by atoms with Gasteiger partial charge in [0.2, 0.25) is 0 Å². The van der Waals surface area contributed by atoms with Gasteiger partial charge in [-0.1, -0.05) is 23.7 Å². The van der Waals surface area contributed by atoms with Crippen LogP contribution in [0.4, 0.5) is 5.69 Å². The van der Waals surface area contributed by atoms with Crippen molar-refractivity contribution in [2.45, 2.75) is 25.3 Å². The maximum atomic E-state index is 6.55. The minimum Gasteiger partial charge on any atom is -0.404 e. The molecule has 0 spiro atoms. The molecule has 2 aromatic carbocycles. The van der Waals surface area contributed by atoms with Crippen LogP contribution in [-0.4, -0.2) is 19.8 Å². The second-order valence-corrected chi connectivity index (χ2v) is 8.27. The number of allylic oxidation sites excluding steroid dienone is 2. The van der Waals surface area contributed by atoms with Gasteiger partial charge in [0.1, 0.15) is 0 Å². The first-order valence-electron chi connectivity index (χ1n) is 10.3. The van der Waals surface area contributed by atoms with Gasteiger partial charge in [0, 0.05) is 59.5 Å². The molecule has 1 unspecified atom stereocenters. The summed E-state index contributed by atoms with van der Waals surface area (Å²) in [7, 11) is 1.75. The van der Waals surface area contributed by atoms with Crippen molar-refractivity contribution < 1.29 is 0 Å². The Kier molecular flexibility index (Phi) is 6.00. The molecule has 5 nitrogen and oxygen atoms in total. The van der Waals surface area contributed by atoms with E-state index in [4.69, 9.17) is 23.1 Å². The zero-order valence-corrected chi connectivity index (χ0v) is 17.9. The Morgan fingerprint density at radius 3 is 2.60 bits per heavy atom. The van der Waals surface area contributed by atoms with E-state index in [1.54, 1.807) is 19.5 Å². The van der Waals surface area contributed by atoms with Crippen molar-refractivity contribution in [3.63, 3.8) is 0 Å². The largest absolute Gasteiger partial charge is 0.404 e. The number of nitrogens with zero attached hydrogens (tertiary/aromatic N) is 1. The van der Waals surface area contributed by atoms with Crippen molar-refractivity contribution in [2.24, 2.45) is 22.4 Å². The number of nitrogens with two attached hydrogens (primary N) is 2. The Morgan fingerprint density at radius 2 is 1.93 bits per heavy atom. The highest BCUT2D eigenvalue weighted by Crippen LogP contribution is 2.40. The number of hydrogen-bond donors (Lipinski definition) is 4. The molecule has 1 fully saturated rings. The second-order valence-electron chi connectivity index (χ2n) is 7.84. The van der Waals surface area contributed by atoms with Crippen LogP contribution >= 0.6 is 11.6 Å². The summed E-state index contributed by atoms with van der Waals surface area (Å²) in [4.78, 5) is 4.14. The molecule has 156 valence electrons. The monoisotopic (exact) mass is 421 g/mol. The van der Waals surface area contributed by atoms with Crippen LogP contribution in [-0.2, 0) is 0 Å². The van der Waals surface area contributed by atoms with Gasteiger partial charge in [-0.15, -0.1) is 0 Å². The molecule has 0 radical (unpaired) electrons. The fourth-order valence-corrected chi connectivity index (χ4v) is 4.08. The Bertz CT molecular complexity index is 1000. The zero-order chi connectivity index (χ0) is 21.1. The van der Waals surface area contributed by atoms with E-state index in [0.717, 1.165) is 51.8 Å². The number of benzene rings is 2. The first-order chi connectivity index (χ1) is 14.6. The van der Waals surface area contributed by atoms with E-state index in [0.29, 0.717) is 5.92 Å². The summed E-state index contributed by atoms with van der Waals surface area (Å²) in [6, 6.07) is 14.4. The van der Waals surface area contributed by atoms with Crippen molar-refractivity contribution in [2.75, 3.05) is 18.9 Å². The lowest BCUT2D eigenvalue weighted by Gasteiger charge is -2.22. The standard InChI is InChI=1S/C24H28ClN5/c1-28-14-17(13-26)16-4-9-20-21(12-16)22(30-19-7-5-18(25)6-8-19)10-11-29-24(20)23(27)15-2-3-15/h4-9,12-15,22,29-30H,2-3,10-11,26-27H2,1H3/b17-13?,24-23-,28-14?. The number of nitrogens with one attached hydrogen (secondary N) is 2. The van der Waals surface area contributed by atoms with Crippen LogP contribution in [0.15, 0.2) is 59.4 Å². The van der Waals surface area contributed by atoms with E-state index < -0.39 is 0 Å². The Labute approximate surface area is 182 Å². The third-order valence-electron chi connectivity index (χ3n) is 5.70. The topological polar surface area (TPSA) is 88.5 Å². The van der Waals surface area contributed by atoms with Gasteiger partial charge in [0.05, 0.1) is 11.7 Å². The summed E-state index contributed by atoms with van der Waals surface area (Å²) in [6.45, 7) is 0.841. The van der Waals surface area contributed by atoms with Crippen LogP contribution in [0.2, 0.25) is 5.02 Å². The quantitative estimate of drug-likeness (QED) is 0.534. The van der Waals surface area contributed by atoms with Gasteiger partial charge >= 0.3 is 0 Å². The molecule has 1 saturated carbocycles. The highest BCUT2D eigenvalue weighted by atomic mass is 35.5. The molecular formula is C24H28ClN5. The van der Waals surface area contributed by atoms with Gasteiger partial charge in [-0.05, 0) is 60.7 Å². The predicted molar refractivity (Wildman–Crippen MR) is 127 cm³/mol. The third kappa shape index (κ3) is 4.31. The van der Waals surface area contributed by atoms with E-state index in [1.807, 2.05) is 24.3 Å². The van der Waals surface area contributed by atoms with E-state index >= 15 is 0 Å². The van der Waals surface area contributed by atoms with Gasteiger partial charge < -0.3 is 22.1 Å². The molecule has 0 aromatic heterocycles. The molecular weight excluding hydrogens is 394 g/mol. The van der Waals surface area contributed by atoms with Crippen LogP contribution < -0.4 is 22.1 Å². The van der Waals surface area contributed by atoms with Gasteiger partial charge in [0.25, 0.3) is 0 Å². The molecule has 0 saturated heterocycles. The lowest BCUT2D eigenvalue weighted by molar-refractivity contribution is 0.682. The zero-order valence-electron chi connectivity index (χ0n) is 17.2. The number of fused-ring (bicyclic) bond motifs is 1. The SMILES string of the molecule is CN=CC(=CN)c1ccc2c(c1)C(Nc1ccc(Cl)cc1)CCN/C2=C(\N)C1CC1. The normalized spacial score (nSPS) is 21.0. The summed E-state index contributed by atoms with van der Waals surface area (Å²) < 4.78 is 0. The lowest BCUT2D eigenvalue weighted by atomic mass is 9.92. The smallest absolute Gasteiger partial charge is 0.0611 e. The van der Waals surface area contributed by atoms with Crippen LogP contribution in [0.5, 0.6) is 0 Å². The van der Waals surface area contributed by atoms with Gasteiger partial charge in [-0.2, -0.15) is 0 Å². The molecule has 6 N–H and O–H groups in total. The number of rotatable bonds is 5. The Balaban J connectivity index is 1.79. The molecule has 1 heterocycles. The first kappa shape index (κ1) is 20.4. The summed E-state index contributed by atoms with van der Waals surface area (Å²) >= 11 is 6.06. The molecule has 1 aliphatic carbocycles. The minimum atomic E-state index is 0.121. The van der Waals surface area contributed by atoms with Crippen molar-refractivity contribution in [3.8, 4) is 0 Å². The maximum Gasteiger partial charge on any atom is 0.0611 e. The summed E-state index contributed by atoms with van der Waals surface area (Å²) in [5.41, 5.74) is 19.8. The van der Waals surface area contributed by atoms with E-state index in [9.17, 15) is 0 Å². The molecule has 0 bridgehead atoms. The van der Waals surface area contributed by atoms with Crippen molar-refractivity contribution >= 4 is 34.8 Å². The summed E-state index contributed by atoms with van der Waals surface area (Å²) in [5, 5.41) is 8.00. The number of aliphatic imine (C=N–C) groups is 1. The van der Waals surface area contributed by atoms with Crippen LogP contribution in [0.1, 0.15) is 42.0 Å². The fourth-order valence-electron chi connectivity index (χ4n) is 3.96. The molecule has 0 amide bonds. The third-order valence-corrected chi connectivity index (χ3v) is 5.96. The average molecular weight is 422 g/mol. The van der Waals surface area contributed by atoms with Crippen LogP contribution in [0, 0.1) is 5.92 Å². The molecule has 6 heteroatoms. The second kappa shape index (κ2) is 8.84. The highest BCUT2D eigenvalue weighted by molar-refractivity contribution is 6.30. The lowest BCUT2D eigenvalue weighted by Crippen LogP contribution is -2.18. The van der Waals surface area contributed by atoms with Crippen molar-refractivity contribution in [3.05, 3.63) is 76.1 Å². The molecule has 1 aliphatic heterocycles. The number of halogens is 1.